The van der Waals surface area contributed by atoms with E-state index in [1.165, 1.54) is 4.90 Å². The first-order chi connectivity index (χ1) is 9.49. The Morgan fingerprint density at radius 2 is 2.00 bits per heavy atom. The minimum absolute atomic E-state index is 0.211. The third-order valence-corrected chi connectivity index (χ3v) is 3.68. The number of carbonyl (C=O) groups excluding carboxylic acids is 3. The van der Waals surface area contributed by atoms with Gasteiger partial charge in [-0.1, -0.05) is 0 Å². The summed E-state index contributed by atoms with van der Waals surface area (Å²) in [5.74, 6) is -1.07. The van der Waals surface area contributed by atoms with Crippen molar-refractivity contribution in [1.82, 2.24) is 10.2 Å². The van der Waals surface area contributed by atoms with Crippen molar-refractivity contribution in [2.24, 2.45) is 0 Å². The van der Waals surface area contributed by atoms with E-state index >= 15 is 0 Å². The first kappa shape index (κ1) is 12.8. The summed E-state index contributed by atoms with van der Waals surface area (Å²) in [4.78, 5) is 36.8. The summed E-state index contributed by atoms with van der Waals surface area (Å²) < 4.78 is 0. The van der Waals surface area contributed by atoms with E-state index in [9.17, 15) is 14.4 Å². The van der Waals surface area contributed by atoms with E-state index < -0.39 is 11.9 Å². The van der Waals surface area contributed by atoms with Crippen LogP contribution in [0.3, 0.4) is 0 Å². The normalized spacial score (nSPS) is 22.0. The first-order valence-electron chi connectivity index (χ1n) is 6.39. The monoisotopic (exact) mass is 267 g/mol. The van der Waals surface area contributed by atoms with Crippen molar-refractivity contribution in [2.75, 3.05) is 0 Å². The second kappa shape index (κ2) is 4.40. The Hall–Kier alpha value is -2.24. The summed E-state index contributed by atoms with van der Waals surface area (Å²) in [5, 5.41) is 2.24. The number of benzene rings is 1. The predicted octanol–water partition coefficient (Wildman–Crippen LogP) is -0.0975. The molecule has 1 unspecified atom stereocenters. The summed E-state index contributed by atoms with van der Waals surface area (Å²) >= 11 is 0. The molecule has 1 aromatic carbocycles. The third kappa shape index (κ3) is 1.79. The zero-order valence-corrected chi connectivity index (χ0v) is 11.0. The average molecular weight is 267 g/mol. The maximum absolute atomic E-state index is 12.4. The number of hydrogen-bond acceptors (Lipinski definition) is 3. The van der Waals surface area contributed by atoms with Crippen LogP contribution in [0.2, 0.25) is 0 Å². The van der Waals surface area contributed by atoms with Gasteiger partial charge >= 0.3 is 116 Å². The molecule has 2 aliphatic rings. The van der Waals surface area contributed by atoms with Crippen molar-refractivity contribution >= 4 is 30.8 Å². The fourth-order valence-electron chi connectivity index (χ4n) is 2.67. The van der Waals surface area contributed by atoms with Gasteiger partial charge in [0.1, 0.15) is 0 Å². The molecule has 0 spiro atoms. The fourth-order valence-corrected chi connectivity index (χ4v) is 2.67. The van der Waals surface area contributed by atoms with Crippen molar-refractivity contribution < 1.29 is 14.4 Å². The van der Waals surface area contributed by atoms with Crippen LogP contribution in [0.4, 0.5) is 0 Å². The van der Waals surface area contributed by atoms with E-state index in [-0.39, 0.29) is 23.8 Å². The Kier molecular flexibility index (Phi) is 2.81. The van der Waals surface area contributed by atoms with Crippen LogP contribution < -0.4 is 5.32 Å². The number of carbonyl (C=O) groups is 3. The van der Waals surface area contributed by atoms with Gasteiger partial charge in [-0.3, -0.25) is 0 Å². The molecule has 20 heavy (non-hydrogen) atoms. The average Bonchev–Trinajstić information content (AvgIpc) is 2.63. The molecule has 3 rings (SSSR count). The minimum atomic E-state index is -0.715. The van der Waals surface area contributed by atoms with Gasteiger partial charge in [0, 0.05) is 0 Å². The molecule has 0 aliphatic carbocycles. The molecule has 0 saturated carbocycles. The number of amides is 3. The van der Waals surface area contributed by atoms with E-state index in [1.54, 1.807) is 12.1 Å². The predicted molar refractivity (Wildman–Crippen MR) is 73.4 cm³/mol. The van der Waals surface area contributed by atoms with Crippen LogP contribution in [0.5, 0.6) is 0 Å². The Labute approximate surface area is 117 Å². The molecule has 99 valence electrons. The van der Waals surface area contributed by atoms with Crippen LogP contribution >= 0.6 is 0 Å². The van der Waals surface area contributed by atoms with Crippen LogP contribution in [0.1, 0.15) is 34.3 Å². The Bertz CT molecular complexity index is 668. The number of nitrogens with zero attached hydrogens (tertiary/aromatic N) is 1. The van der Waals surface area contributed by atoms with Gasteiger partial charge in [0.2, 0.25) is 0 Å². The number of aryl methyl sites for hydroxylation is 1. The van der Waals surface area contributed by atoms with E-state index in [1.807, 2.05) is 13.0 Å². The van der Waals surface area contributed by atoms with Crippen LogP contribution in [-0.2, 0) is 9.59 Å². The van der Waals surface area contributed by atoms with Crippen molar-refractivity contribution in [1.29, 1.82) is 0 Å². The van der Waals surface area contributed by atoms with E-state index in [0.717, 1.165) is 5.56 Å². The molecular formula is C14H12BN2O3. The quantitative estimate of drug-likeness (QED) is 0.571. The molecule has 0 aromatic heterocycles. The molecule has 1 fully saturated rings. The fraction of sp³-hybridized carbons (Fsp3) is 0.286. The molecule has 6 heteroatoms. The van der Waals surface area contributed by atoms with E-state index in [4.69, 9.17) is 7.49 Å². The summed E-state index contributed by atoms with van der Waals surface area (Å²) in [7, 11) is 6.02. The molecule has 3 amide bonds. The zero-order valence-electron chi connectivity index (χ0n) is 11.0. The van der Waals surface area contributed by atoms with Gasteiger partial charge in [0.15, 0.2) is 0 Å². The molecule has 1 aromatic rings. The van der Waals surface area contributed by atoms with Gasteiger partial charge in [-0.05, 0) is 0 Å². The molecule has 5 nitrogen and oxygen atoms in total. The molecule has 1 saturated heterocycles. The second-order valence-electron chi connectivity index (χ2n) is 5.08. The molecule has 2 heterocycles. The molecule has 0 bridgehead atoms. The van der Waals surface area contributed by atoms with Crippen LogP contribution in [-0.4, -0.2) is 41.7 Å². The maximum atomic E-state index is 12.4. The molecule has 2 aliphatic heterocycles. The molecule has 1 atom stereocenters. The van der Waals surface area contributed by atoms with Crippen molar-refractivity contribution in [3.8, 4) is 0 Å². The molecule has 1 radical (unpaired) electrons. The Morgan fingerprint density at radius 1 is 1.25 bits per heavy atom. The van der Waals surface area contributed by atoms with Crippen LogP contribution in [0.25, 0.3) is 0 Å². The van der Waals surface area contributed by atoms with Gasteiger partial charge in [-0.15, -0.1) is 0 Å². The number of imide groups is 1. The summed E-state index contributed by atoms with van der Waals surface area (Å²) in [6, 6.07) is 4.69. The van der Waals surface area contributed by atoms with Crippen molar-refractivity contribution in [3.05, 3.63) is 34.9 Å². The van der Waals surface area contributed by atoms with Crippen molar-refractivity contribution in [2.45, 2.75) is 25.8 Å². The van der Waals surface area contributed by atoms with Crippen LogP contribution in [0, 0.1) is 6.92 Å². The van der Waals surface area contributed by atoms with E-state index in [2.05, 4.69) is 5.32 Å². The van der Waals surface area contributed by atoms with E-state index in [0.29, 0.717) is 17.5 Å². The molecule has 1 N–H and O–H groups in total. The Morgan fingerprint density at radius 3 is 2.70 bits per heavy atom. The van der Waals surface area contributed by atoms with Gasteiger partial charge in [-0.2, -0.15) is 0 Å². The zero-order chi connectivity index (χ0) is 14.4. The van der Waals surface area contributed by atoms with Gasteiger partial charge in [0.25, 0.3) is 0 Å². The first-order valence-corrected chi connectivity index (χ1v) is 6.39. The van der Waals surface area contributed by atoms with Gasteiger partial charge < -0.3 is 0 Å². The molecular weight excluding hydrogens is 255 g/mol. The number of nitrogens with one attached hydrogen (secondary N) is 1. The van der Waals surface area contributed by atoms with Gasteiger partial charge in [0.05, 0.1) is 0 Å². The van der Waals surface area contributed by atoms with Gasteiger partial charge in [-0.25, -0.2) is 0 Å². The summed E-state index contributed by atoms with van der Waals surface area (Å²) in [6.45, 7) is 1.89. The van der Waals surface area contributed by atoms with Crippen molar-refractivity contribution in [3.63, 3.8) is 0 Å². The topological polar surface area (TPSA) is 66.5 Å². The SMILES string of the molecule is [B]=C1c2ccc(C)cc2C(=O)N1C1CCC(=O)NC1=O. The standard InChI is InChI=1S/C14H12BN2O3/c1-7-2-3-8-9(6-7)14(20)17(12(8)15)10-4-5-11(18)16-13(10)19/h2-3,6,10H,4-5H2,1H3,(H,16,18,19). The third-order valence-electron chi connectivity index (χ3n) is 3.68. The number of fused-ring (bicyclic) bond motifs is 1. The summed E-state index contributed by atoms with van der Waals surface area (Å²) in [5.41, 5.74) is 2.38. The van der Waals surface area contributed by atoms with Crippen LogP contribution in [0.15, 0.2) is 18.2 Å². The summed E-state index contributed by atoms with van der Waals surface area (Å²) in [6.07, 6.45) is 0.507. The Balaban J connectivity index is 1.97. The number of hydrogen-bond donors (Lipinski definition) is 1. The number of rotatable bonds is 1. The number of piperidine rings is 1. The second-order valence-corrected chi connectivity index (χ2v) is 5.08.